The van der Waals surface area contributed by atoms with E-state index < -0.39 is 40.6 Å². The summed E-state index contributed by atoms with van der Waals surface area (Å²) in [6, 6.07) is 6.06. The number of carbonyl (C=O) groups is 3. The average Bonchev–Trinajstić information content (AvgIpc) is 3.22. The van der Waals surface area contributed by atoms with Gasteiger partial charge in [-0.05, 0) is 49.2 Å². The second-order valence-electron chi connectivity index (χ2n) is 7.02. The number of methoxy groups -OCH3 is 1. The van der Waals surface area contributed by atoms with Crippen molar-refractivity contribution in [3.05, 3.63) is 63.1 Å². The van der Waals surface area contributed by atoms with Gasteiger partial charge in [0.15, 0.2) is 0 Å². The molecule has 6 nitrogen and oxygen atoms in total. The summed E-state index contributed by atoms with van der Waals surface area (Å²) in [6.07, 6.45) is -3.73. The van der Waals surface area contributed by atoms with E-state index in [9.17, 15) is 27.6 Å². The van der Waals surface area contributed by atoms with Crippen molar-refractivity contribution >= 4 is 46.7 Å². The lowest BCUT2D eigenvalue weighted by Gasteiger charge is -2.24. The van der Waals surface area contributed by atoms with Crippen LogP contribution in [-0.4, -0.2) is 42.4 Å². The molecule has 11 heteroatoms. The Labute approximate surface area is 191 Å². The number of hydrogen-bond acceptors (Lipinski definition) is 4. The first-order valence-electron chi connectivity index (χ1n) is 9.39. The number of rotatable bonds is 4. The third kappa shape index (κ3) is 4.99. The third-order valence-corrected chi connectivity index (χ3v) is 5.55. The molecule has 1 atom stereocenters. The number of nitrogens with one attached hydrogen (secondary N) is 1. The van der Waals surface area contributed by atoms with E-state index in [0.717, 1.165) is 12.1 Å². The van der Waals surface area contributed by atoms with Crippen molar-refractivity contribution in [2.75, 3.05) is 19.0 Å². The Morgan fingerprint density at radius 3 is 2.50 bits per heavy atom. The van der Waals surface area contributed by atoms with Gasteiger partial charge < -0.3 is 15.0 Å². The number of benzene rings is 2. The van der Waals surface area contributed by atoms with Crippen molar-refractivity contribution < 1.29 is 32.3 Å². The van der Waals surface area contributed by atoms with Gasteiger partial charge in [0.1, 0.15) is 6.04 Å². The van der Waals surface area contributed by atoms with Crippen LogP contribution in [0.25, 0.3) is 0 Å². The fourth-order valence-corrected chi connectivity index (χ4v) is 3.83. The summed E-state index contributed by atoms with van der Waals surface area (Å²) in [6.45, 7) is 0.306. The van der Waals surface area contributed by atoms with E-state index in [-0.39, 0.29) is 21.8 Å². The van der Waals surface area contributed by atoms with Crippen LogP contribution in [-0.2, 0) is 15.7 Å². The van der Waals surface area contributed by atoms with Crippen LogP contribution in [0.5, 0.6) is 0 Å². The van der Waals surface area contributed by atoms with Crippen LogP contribution < -0.4 is 5.32 Å². The summed E-state index contributed by atoms with van der Waals surface area (Å²) >= 11 is 11.6. The molecule has 1 fully saturated rings. The van der Waals surface area contributed by atoms with Crippen LogP contribution in [0.15, 0.2) is 36.4 Å². The molecular formula is C21H17Cl2F3N2O4. The third-order valence-electron chi connectivity index (χ3n) is 4.98. The molecule has 2 amide bonds. The molecule has 1 heterocycles. The van der Waals surface area contributed by atoms with Crippen molar-refractivity contribution in [1.29, 1.82) is 0 Å². The topological polar surface area (TPSA) is 75.7 Å². The van der Waals surface area contributed by atoms with Crippen molar-refractivity contribution in [1.82, 2.24) is 4.90 Å². The lowest BCUT2D eigenvalue weighted by Crippen LogP contribution is -2.41. The van der Waals surface area contributed by atoms with Gasteiger partial charge in [0, 0.05) is 17.1 Å². The van der Waals surface area contributed by atoms with E-state index in [4.69, 9.17) is 27.9 Å². The number of alkyl halides is 3. The van der Waals surface area contributed by atoms with Gasteiger partial charge in [0.05, 0.1) is 28.9 Å². The highest BCUT2D eigenvalue weighted by Gasteiger charge is 2.36. The summed E-state index contributed by atoms with van der Waals surface area (Å²) in [5, 5.41) is 2.07. The van der Waals surface area contributed by atoms with Crippen LogP contribution >= 0.6 is 23.2 Å². The Morgan fingerprint density at radius 1 is 1.12 bits per heavy atom. The number of likely N-dealkylation sites (tertiary alicyclic amines) is 1. The molecule has 3 rings (SSSR count). The van der Waals surface area contributed by atoms with E-state index in [0.29, 0.717) is 25.5 Å². The molecule has 170 valence electrons. The predicted molar refractivity (Wildman–Crippen MR) is 112 cm³/mol. The number of amides is 2. The zero-order chi connectivity index (χ0) is 23.6. The number of carbonyl (C=O) groups excluding carboxylic acids is 3. The zero-order valence-corrected chi connectivity index (χ0v) is 18.1. The minimum atomic E-state index is -4.75. The molecule has 1 saturated heterocycles. The van der Waals surface area contributed by atoms with E-state index >= 15 is 0 Å². The number of ether oxygens (including phenoxy) is 1. The van der Waals surface area contributed by atoms with Gasteiger partial charge in [-0.3, -0.25) is 9.59 Å². The lowest BCUT2D eigenvalue weighted by atomic mass is 10.1. The van der Waals surface area contributed by atoms with Gasteiger partial charge in [-0.15, -0.1) is 0 Å². The van der Waals surface area contributed by atoms with E-state index in [1.807, 2.05) is 0 Å². The van der Waals surface area contributed by atoms with Crippen LogP contribution in [0.1, 0.15) is 39.1 Å². The Hall–Kier alpha value is -2.78. The maximum absolute atomic E-state index is 13.1. The van der Waals surface area contributed by atoms with Crippen LogP contribution in [0, 0.1) is 0 Å². The zero-order valence-electron chi connectivity index (χ0n) is 16.6. The molecule has 1 aliphatic rings. The van der Waals surface area contributed by atoms with Crippen molar-refractivity contribution in [2.45, 2.75) is 25.1 Å². The largest absolute Gasteiger partial charge is 0.467 e. The molecule has 0 spiro atoms. The van der Waals surface area contributed by atoms with Crippen molar-refractivity contribution in [2.24, 2.45) is 0 Å². The molecule has 32 heavy (non-hydrogen) atoms. The SMILES string of the molecule is COC(=O)C1CCCN1C(=O)c1ccc(Cl)cc1NC(=O)c1ccc(Cl)c(C(F)(F)F)c1. The highest BCUT2D eigenvalue weighted by molar-refractivity contribution is 6.32. The maximum Gasteiger partial charge on any atom is 0.417 e. The summed E-state index contributed by atoms with van der Waals surface area (Å²) in [5.41, 5.74) is -1.45. The smallest absolute Gasteiger partial charge is 0.417 e. The fourth-order valence-electron chi connectivity index (χ4n) is 3.43. The number of anilines is 1. The number of halogens is 5. The average molecular weight is 489 g/mol. The van der Waals surface area contributed by atoms with Crippen molar-refractivity contribution in [3.63, 3.8) is 0 Å². The molecule has 2 aromatic carbocycles. The second-order valence-corrected chi connectivity index (χ2v) is 7.86. The second kappa shape index (κ2) is 9.38. The molecule has 1 unspecified atom stereocenters. The van der Waals surface area contributed by atoms with Gasteiger partial charge in [-0.1, -0.05) is 23.2 Å². The van der Waals surface area contributed by atoms with E-state index in [1.54, 1.807) is 0 Å². The van der Waals surface area contributed by atoms with Crippen LogP contribution in [0.2, 0.25) is 10.0 Å². The highest BCUT2D eigenvalue weighted by Crippen LogP contribution is 2.35. The molecule has 0 aromatic heterocycles. The summed E-state index contributed by atoms with van der Waals surface area (Å²) < 4.78 is 44.1. The van der Waals surface area contributed by atoms with Gasteiger partial charge in [0.25, 0.3) is 11.8 Å². The maximum atomic E-state index is 13.1. The first-order chi connectivity index (χ1) is 15.0. The quantitative estimate of drug-likeness (QED) is 0.611. The molecule has 0 radical (unpaired) electrons. The van der Waals surface area contributed by atoms with Gasteiger partial charge in [-0.2, -0.15) is 13.2 Å². The fraction of sp³-hybridized carbons (Fsp3) is 0.286. The van der Waals surface area contributed by atoms with E-state index in [1.165, 1.54) is 30.2 Å². The van der Waals surface area contributed by atoms with Crippen LogP contribution in [0.3, 0.4) is 0 Å². The summed E-state index contributed by atoms with van der Waals surface area (Å²) in [4.78, 5) is 39.1. The molecule has 0 aliphatic carbocycles. The Balaban J connectivity index is 1.92. The first-order valence-corrected chi connectivity index (χ1v) is 10.1. The van der Waals surface area contributed by atoms with Crippen LogP contribution in [0.4, 0.5) is 18.9 Å². The monoisotopic (exact) mass is 488 g/mol. The lowest BCUT2D eigenvalue weighted by molar-refractivity contribution is -0.145. The number of esters is 1. The molecule has 1 N–H and O–H groups in total. The molecule has 1 aliphatic heterocycles. The summed E-state index contributed by atoms with van der Waals surface area (Å²) in [5.74, 6) is -2.00. The molecule has 0 saturated carbocycles. The van der Waals surface area contributed by atoms with E-state index in [2.05, 4.69) is 5.32 Å². The first kappa shape index (κ1) is 23.9. The molecular weight excluding hydrogens is 472 g/mol. The normalized spacial score (nSPS) is 16.1. The van der Waals surface area contributed by atoms with Gasteiger partial charge >= 0.3 is 12.1 Å². The van der Waals surface area contributed by atoms with Gasteiger partial charge in [-0.25, -0.2) is 4.79 Å². The minimum absolute atomic E-state index is 0.00785. The molecule has 2 aromatic rings. The van der Waals surface area contributed by atoms with Crippen molar-refractivity contribution in [3.8, 4) is 0 Å². The minimum Gasteiger partial charge on any atom is -0.467 e. The number of hydrogen-bond donors (Lipinski definition) is 1. The standard InChI is InChI=1S/C21H17Cl2F3N2O4/c1-32-20(31)17-3-2-8-28(17)19(30)13-6-5-12(22)10-16(13)27-18(29)11-4-7-15(23)14(9-11)21(24,25)26/h4-7,9-10,17H,2-3,8H2,1H3,(H,27,29). The Kier molecular flexibility index (Phi) is 7.00. The highest BCUT2D eigenvalue weighted by atomic mass is 35.5. The van der Waals surface area contributed by atoms with Gasteiger partial charge in [0.2, 0.25) is 0 Å². The Morgan fingerprint density at radius 2 is 1.84 bits per heavy atom. The Bertz CT molecular complexity index is 1080. The predicted octanol–water partition coefficient (Wildman–Crippen LogP) is 5.04. The summed E-state index contributed by atoms with van der Waals surface area (Å²) in [7, 11) is 1.22. The number of nitrogens with zero attached hydrogens (tertiary/aromatic N) is 1. The molecule has 0 bridgehead atoms.